The zero-order chi connectivity index (χ0) is 21.9. The maximum absolute atomic E-state index is 12.4. The molecule has 2 aromatic carbocycles. The Morgan fingerprint density at radius 3 is 2.23 bits per heavy atom. The first-order valence-electron chi connectivity index (χ1n) is 9.62. The van der Waals surface area contributed by atoms with Crippen molar-refractivity contribution in [2.45, 2.75) is 13.8 Å². The van der Waals surface area contributed by atoms with Gasteiger partial charge in [-0.2, -0.15) is 0 Å². The quantitative estimate of drug-likeness (QED) is 0.615. The molecule has 8 heteroatoms. The van der Waals surface area contributed by atoms with Crippen LogP contribution in [0.15, 0.2) is 54.6 Å². The number of ether oxygens (including phenoxy) is 1. The van der Waals surface area contributed by atoms with Gasteiger partial charge in [0, 0.05) is 29.9 Å². The molecule has 0 heterocycles. The molecule has 2 rings (SSSR count). The summed E-state index contributed by atoms with van der Waals surface area (Å²) < 4.78 is 4.87. The second kappa shape index (κ2) is 11.4. The maximum Gasteiger partial charge on any atom is 0.325 e. The molecule has 0 saturated heterocycles. The molecular formula is C22H25N3O5. The molecule has 0 aliphatic heterocycles. The molecule has 3 amide bonds. The van der Waals surface area contributed by atoms with Gasteiger partial charge in [0.25, 0.3) is 17.7 Å². The number of benzene rings is 2. The summed E-state index contributed by atoms with van der Waals surface area (Å²) in [5.74, 6) is -1.83. The van der Waals surface area contributed by atoms with Gasteiger partial charge in [-0.25, -0.2) is 0 Å². The van der Waals surface area contributed by atoms with Crippen LogP contribution >= 0.6 is 0 Å². The number of nitrogens with one attached hydrogen (secondary N) is 2. The molecule has 30 heavy (non-hydrogen) atoms. The largest absolute Gasteiger partial charge is 0.454 e. The Kier molecular flexibility index (Phi) is 8.56. The average Bonchev–Trinajstić information content (AvgIpc) is 2.77. The summed E-state index contributed by atoms with van der Waals surface area (Å²) in [6.07, 6.45) is 0. The number of nitrogens with zero attached hydrogens (tertiary/aromatic N) is 1. The van der Waals surface area contributed by atoms with Crippen molar-refractivity contribution in [2.75, 3.05) is 31.6 Å². The molecule has 0 fully saturated rings. The van der Waals surface area contributed by atoms with Gasteiger partial charge in [-0.1, -0.05) is 24.3 Å². The molecule has 0 aliphatic carbocycles. The summed E-state index contributed by atoms with van der Waals surface area (Å²) >= 11 is 0. The topological polar surface area (TPSA) is 105 Å². The molecule has 0 radical (unpaired) electrons. The summed E-state index contributed by atoms with van der Waals surface area (Å²) in [5.41, 5.74) is 1.30. The summed E-state index contributed by atoms with van der Waals surface area (Å²) in [4.78, 5) is 49.7. The van der Waals surface area contributed by atoms with E-state index in [-0.39, 0.29) is 12.5 Å². The van der Waals surface area contributed by atoms with E-state index in [0.29, 0.717) is 29.9 Å². The number of rotatable bonds is 9. The summed E-state index contributed by atoms with van der Waals surface area (Å²) in [6.45, 7) is 4.10. The number of esters is 1. The molecule has 158 valence electrons. The highest BCUT2D eigenvalue weighted by molar-refractivity contribution is 5.98. The van der Waals surface area contributed by atoms with Crippen LogP contribution in [-0.4, -0.2) is 54.8 Å². The van der Waals surface area contributed by atoms with Gasteiger partial charge in [-0.15, -0.1) is 0 Å². The lowest BCUT2D eigenvalue weighted by Crippen LogP contribution is -2.32. The van der Waals surface area contributed by atoms with E-state index in [1.165, 1.54) is 0 Å². The standard InChI is InChI=1S/C22H25N3O5/c1-3-25(4-2)22(29)17-11-8-12-18(13-17)24-19(26)15-30-20(27)14-23-21(28)16-9-6-5-7-10-16/h5-13H,3-4,14-15H2,1-2H3,(H,23,28)(H,24,26). The minimum atomic E-state index is -0.736. The Balaban J connectivity index is 1.80. The lowest BCUT2D eigenvalue weighted by Gasteiger charge is -2.19. The van der Waals surface area contributed by atoms with Crippen molar-refractivity contribution in [2.24, 2.45) is 0 Å². The Morgan fingerprint density at radius 2 is 1.57 bits per heavy atom. The van der Waals surface area contributed by atoms with Gasteiger partial charge in [-0.3, -0.25) is 19.2 Å². The fraction of sp³-hybridized carbons (Fsp3) is 0.273. The van der Waals surface area contributed by atoms with Gasteiger partial charge in [0.2, 0.25) is 0 Å². The van der Waals surface area contributed by atoms with Gasteiger partial charge >= 0.3 is 5.97 Å². The lowest BCUT2D eigenvalue weighted by molar-refractivity contribution is -0.146. The lowest BCUT2D eigenvalue weighted by atomic mass is 10.1. The minimum absolute atomic E-state index is 0.128. The summed E-state index contributed by atoms with van der Waals surface area (Å²) in [7, 11) is 0. The highest BCUT2D eigenvalue weighted by Gasteiger charge is 2.14. The third-order valence-electron chi connectivity index (χ3n) is 4.24. The first kappa shape index (κ1) is 22.6. The molecule has 8 nitrogen and oxygen atoms in total. The zero-order valence-electron chi connectivity index (χ0n) is 17.0. The van der Waals surface area contributed by atoms with Gasteiger partial charge in [0.05, 0.1) is 0 Å². The van der Waals surface area contributed by atoms with E-state index in [0.717, 1.165) is 0 Å². The van der Waals surface area contributed by atoms with Crippen molar-refractivity contribution in [3.63, 3.8) is 0 Å². The van der Waals surface area contributed by atoms with Crippen LogP contribution in [0.25, 0.3) is 0 Å². The fourth-order valence-electron chi connectivity index (χ4n) is 2.66. The Bertz CT molecular complexity index is 895. The highest BCUT2D eigenvalue weighted by Crippen LogP contribution is 2.13. The van der Waals surface area contributed by atoms with Gasteiger partial charge in [0.1, 0.15) is 6.54 Å². The van der Waals surface area contributed by atoms with E-state index < -0.39 is 24.4 Å². The maximum atomic E-state index is 12.4. The summed E-state index contributed by atoms with van der Waals surface area (Å²) in [6, 6.07) is 15.0. The Hall–Kier alpha value is -3.68. The molecular weight excluding hydrogens is 386 g/mol. The number of hydrogen-bond donors (Lipinski definition) is 2. The smallest absolute Gasteiger partial charge is 0.325 e. The van der Waals surface area contributed by atoms with Gasteiger partial charge in [0.15, 0.2) is 6.61 Å². The third kappa shape index (κ3) is 6.73. The molecule has 0 saturated carbocycles. The van der Waals surface area contributed by atoms with Crippen molar-refractivity contribution in [1.82, 2.24) is 10.2 Å². The molecule has 2 aromatic rings. The molecule has 0 aromatic heterocycles. The monoisotopic (exact) mass is 411 g/mol. The van der Waals surface area contributed by atoms with Crippen molar-refractivity contribution in [3.05, 3.63) is 65.7 Å². The van der Waals surface area contributed by atoms with Crippen LogP contribution in [0.4, 0.5) is 5.69 Å². The van der Waals surface area contributed by atoms with Crippen molar-refractivity contribution < 1.29 is 23.9 Å². The Labute approximate surface area is 175 Å². The molecule has 2 N–H and O–H groups in total. The second-order valence-corrected chi connectivity index (χ2v) is 6.32. The number of carbonyl (C=O) groups excluding carboxylic acids is 4. The van der Waals surface area contributed by atoms with Crippen LogP contribution in [0, 0.1) is 0 Å². The van der Waals surface area contributed by atoms with Crippen molar-refractivity contribution in [3.8, 4) is 0 Å². The van der Waals surface area contributed by atoms with Crippen LogP contribution in [0.5, 0.6) is 0 Å². The van der Waals surface area contributed by atoms with E-state index in [4.69, 9.17) is 4.74 Å². The van der Waals surface area contributed by atoms with E-state index in [9.17, 15) is 19.2 Å². The normalized spacial score (nSPS) is 10.1. The predicted molar refractivity (Wildman–Crippen MR) is 112 cm³/mol. The number of amides is 3. The van der Waals surface area contributed by atoms with E-state index in [1.54, 1.807) is 59.5 Å². The molecule has 0 atom stereocenters. The highest BCUT2D eigenvalue weighted by atomic mass is 16.5. The van der Waals surface area contributed by atoms with Crippen LogP contribution in [0.2, 0.25) is 0 Å². The fourth-order valence-corrected chi connectivity index (χ4v) is 2.66. The van der Waals surface area contributed by atoms with Crippen LogP contribution in [0.1, 0.15) is 34.6 Å². The van der Waals surface area contributed by atoms with E-state index in [1.807, 2.05) is 13.8 Å². The third-order valence-corrected chi connectivity index (χ3v) is 4.24. The minimum Gasteiger partial charge on any atom is -0.454 e. The molecule has 0 bridgehead atoms. The van der Waals surface area contributed by atoms with Crippen molar-refractivity contribution in [1.29, 1.82) is 0 Å². The van der Waals surface area contributed by atoms with Crippen LogP contribution < -0.4 is 10.6 Å². The molecule has 0 aliphatic rings. The van der Waals surface area contributed by atoms with Gasteiger partial charge < -0.3 is 20.3 Å². The number of hydrogen-bond acceptors (Lipinski definition) is 5. The predicted octanol–water partition coefficient (Wildman–Crippen LogP) is 2.08. The zero-order valence-corrected chi connectivity index (χ0v) is 17.0. The molecule has 0 unspecified atom stereocenters. The first-order chi connectivity index (χ1) is 14.4. The van der Waals surface area contributed by atoms with E-state index in [2.05, 4.69) is 10.6 Å². The van der Waals surface area contributed by atoms with Crippen molar-refractivity contribution >= 4 is 29.4 Å². The molecule has 0 spiro atoms. The average molecular weight is 411 g/mol. The van der Waals surface area contributed by atoms with E-state index >= 15 is 0 Å². The SMILES string of the molecule is CCN(CC)C(=O)c1cccc(NC(=O)COC(=O)CNC(=O)c2ccccc2)c1. The summed E-state index contributed by atoms with van der Waals surface area (Å²) in [5, 5.41) is 5.01. The van der Waals surface area contributed by atoms with Gasteiger partial charge in [-0.05, 0) is 44.2 Å². The number of carbonyl (C=O) groups is 4. The van der Waals surface area contributed by atoms with Crippen LogP contribution in [-0.2, 0) is 14.3 Å². The second-order valence-electron chi connectivity index (χ2n) is 6.32. The Morgan fingerprint density at radius 1 is 0.900 bits per heavy atom. The van der Waals surface area contributed by atoms with Crippen LogP contribution in [0.3, 0.4) is 0 Å². The first-order valence-corrected chi connectivity index (χ1v) is 9.62. The number of anilines is 1.